The molecule has 1 atom stereocenters. The molecule has 0 saturated heterocycles. The van der Waals surface area contributed by atoms with Crippen molar-refractivity contribution in [3.63, 3.8) is 0 Å². The average Bonchev–Trinajstić information content (AvgIpc) is 2.55. The molecule has 0 bridgehead atoms. The molecule has 0 radical (unpaired) electrons. The highest BCUT2D eigenvalue weighted by atomic mass is 14.9. The molecule has 0 saturated carbocycles. The zero-order chi connectivity index (χ0) is 14.1. The van der Waals surface area contributed by atoms with E-state index in [1.165, 1.54) is 34.1 Å². The molecular formula is C19H18N2. The quantitative estimate of drug-likeness (QED) is 0.731. The Balaban J connectivity index is 1.66. The molecule has 0 amide bonds. The molecule has 104 valence electrons. The lowest BCUT2D eigenvalue weighted by Crippen LogP contribution is -2.18. The van der Waals surface area contributed by atoms with Gasteiger partial charge >= 0.3 is 0 Å². The number of aromatic nitrogens is 1. The maximum Gasteiger partial charge on any atom is 0.0688 e. The van der Waals surface area contributed by atoms with Crippen molar-refractivity contribution in [1.29, 1.82) is 0 Å². The van der Waals surface area contributed by atoms with Crippen LogP contribution in [0.25, 0.3) is 10.8 Å². The molecule has 4 rings (SSSR count). The molecule has 2 aromatic carbocycles. The monoisotopic (exact) mass is 274 g/mol. The molecule has 21 heavy (non-hydrogen) atoms. The Hall–Kier alpha value is -2.35. The second kappa shape index (κ2) is 5.21. The second-order valence-corrected chi connectivity index (χ2v) is 5.70. The van der Waals surface area contributed by atoms with Gasteiger partial charge in [-0.3, -0.25) is 4.98 Å². The van der Waals surface area contributed by atoms with Crippen LogP contribution in [-0.2, 0) is 6.42 Å². The summed E-state index contributed by atoms with van der Waals surface area (Å²) >= 11 is 0. The molecule has 2 nitrogen and oxygen atoms in total. The van der Waals surface area contributed by atoms with Crippen molar-refractivity contribution in [3.05, 3.63) is 72.1 Å². The van der Waals surface area contributed by atoms with Crippen LogP contribution in [0.5, 0.6) is 0 Å². The Morgan fingerprint density at radius 3 is 2.81 bits per heavy atom. The van der Waals surface area contributed by atoms with E-state index in [-0.39, 0.29) is 0 Å². The number of fused-ring (bicyclic) bond motifs is 2. The number of rotatable bonds is 2. The Kier molecular flexibility index (Phi) is 3.07. The normalized spacial score (nSPS) is 17.4. The van der Waals surface area contributed by atoms with E-state index in [0.717, 1.165) is 12.8 Å². The highest BCUT2D eigenvalue weighted by molar-refractivity contribution is 5.85. The van der Waals surface area contributed by atoms with Crippen LogP contribution < -0.4 is 5.32 Å². The van der Waals surface area contributed by atoms with E-state index in [2.05, 4.69) is 58.8 Å². The molecule has 1 unspecified atom stereocenters. The number of benzene rings is 2. The molecule has 1 aliphatic rings. The summed E-state index contributed by atoms with van der Waals surface area (Å²) in [5, 5.41) is 6.23. The molecule has 0 spiro atoms. The van der Waals surface area contributed by atoms with Crippen LogP contribution in [0.1, 0.15) is 30.1 Å². The lowest BCUT2D eigenvalue weighted by atomic mass is 9.91. The SMILES string of the molecule is c1cnc2c(c1)CCCC2Nc1ccc2ccccc2c1. The Bertz CT molecular complexity index is 779. The molecular weight excluding hydrogens is 256 g/mol. The van der Waals surface area contributed by atoms with Gasteiger partial charge in [0.05, 0.1) is 11.7 Å². The number of aryl methyl sites for hydroxylation is 1. The maximum absolute atomic E-state index is 4.60. The standard InChI is InChI=1S/C19H18N2/c1-2-6-16-13-17(11-10-14(16)5-1)21-18-9-3-7-15-8-4-12-20-19(15)18/h1-2,4-6,8,10-13,18,21H,3,7,9H2. The number of pyridine rings is 1. The van der Waals surface area contributed by atoms with Crippen LogP contribution in [0, 0.1) is 0 Å². The van der Waals surface area contributed by atoms with Gasteiger partial charge in [0, 0.05) is 11.9 Å². The largest absolute Gasteiger partial charge is 0.377 e. The number of anilines is 1. The van der Waals surface area contributed by atoms with Crippen molar-refractivity contribution in [2.24, 2.45) is 0 Å². The van der Waals surface area contributed by atoms with E-state index in [9.17, 15) is 0 Å². The minimum atomic E-state index is 0.330. The first kappa shape index (κ1) is 12.4. The lowest BCUT2D eigenvalue weighted by Gasteiger charge is -2.26. The van der Waals surface area contributed by atoms with Gasteiger partial charge in [0.2, 0.25) is 0 Å². The number of hydrogen-bond acceptors (Lipinski definition) is 2. The number of hydrogen-bond donors (Lipinski definition) is 1. The topological polar surface area (TPSA) is 24.9 Å². The van der Waals surface area contributed by atoms with Gasteiger partial charge in [-0.2, -0.15) is 0 Å². The van der Waals surface area contributed by atoms with Crippen LogP contribution in [0.15, 0.2) is 60.8 Å². The van der Waals surface area contributed by atoms with Gasteiger partial charge in [-0.1, -0.05) is 36.4 Å². The number of nitrogens with one attached hydrogen (secondary N) is 1. The van der Waals surface area contributed by atoms with Crippen molar-refractivity contribution in [2.75, 3.05) is 5.32 Å². The van der Waals surface area contributed by atoms with Crippen LogP contribution in [-0.4, -0.2) is 4.98 Å². The van der Waals surface area contributed by atoms with Gasteiger partial charge in [0.1, 0.15) is 0 Å². The third-order valence-corrected chi connectivity index (χ3v) is 4.29. The van der Waals surface area contributed by atoms with Crippen molar-refractivity contribution < 1.29 is 0 Å². The zero-order valence-electron chi connectivity index (χ0n) is 11.9. The summed E-state index contributed by atoms with van der Waals surface area (Å²) in [6.45, 7) is 0. The second-order valence-electron chi connectivity index (χ2n) is 5.70. The van der Waals surface area contributed by atoms with Gasteiger partial charge in [-0.25, -0.2) is 0 Å². The van der Waals surface area contributed by atoms with Gasteiger partial charge in [0.25, 0.3) is 0 Å². The third kappa shape index (κ3) is 2.38. The van der Waals surface area contributed by atoms with Crippen LogP contribution in [0.2, 0.25) is 0 Å². The Labute approximate surface area is 124 Å². The maximum atomic E-state index is 4.60. The predicted octanol–water partition coefficient (Wildman–Crippen LogP) is 4.72. The third-order valence-electron chi connectivity index (χ3n) is 4.29. The summed E-state index contributed by atoms with van der Waals surface area (Å²) in [6.07, 6.45) is 5.43. The first-order valence-corrected chi connectivity index (χ1v) is 7.59. The van der Waals surface area contributed by atoms with Crippen molar-refractivity contribution in [3.8, 4) is 0 Å². The summed E-state index contributed by atoms with van der Waals surface area (Å²) in [6, 6.07) is 19.6. The Morgan fingerprint density at radius 1 is 0.952 bits per heavy atom. The fraction of sp³-hybridized carbons (Fsp3) is 0.211. The summed E-state index contributed by atoms with van der Waals surface area (Å²) < 4.78 is 0. The van der Waals surface area contributed by atoms with Crippen LogP contribution in [0.3, 0.4) is 0 Å². The minimum absolute atomic E-state index is 0.330. The van der Waals surface area contributed by atoms with Gasteiger partial charge in [-0.15, -0.1) is 0 Å². The predicted molar refractivity (Wildman–Crippen MR) is 87.5 cm³/mol. The summed E-state index contributed by atoms with van der Waals surface area (Å²) in [7, 11) is 0. The highest BCUT2D eigenvalue weighted by Gasteiger charge is 2.20. The van der Waals surface area contributed by atoms with Crippen LogP contribution >= 0.6 is 0 Å². The van der Waals surface area contributed by atoms with Gasteiger partial charge in [-0.05, 0) is 53.8 Å². The molecule has 1 heterocycles. The fourth-order valence-electron chi connectivity index (χ4n) is 3.23. The first-order chi connectivity index (χ1) is 10.4. The van der Waals surface area contributed by atoms with E-state index in [1.807, 2.05) is 12.3 Å². The number of nitrogens with zero attached hydrogens (tertiary/aromatic N) is 1. The van der Waals surface area contributed by atoms with Crippen molar-refractivity contribution >= 4 is 16.5 Å². The molecule has 0 fully saturated rings. The molecule has 1 aromatic heterocycles. The summed E-state index contributed by atoms with van der Waals surface area (Å²) in [5.41, 5.74) is 3.79. The lowest BCUT2D eigenvalue weighted by molar-refractivity contribution is 0.583. The minimum Gasteiger partial charge on any atom is -0.377 e. The molecule has 3 aromatic rings. The smallest absolute Gasteiger partial charge is 0.0688 e. The van der Waals surface area contributed by atoms with Gasteiger partial charge < -0.3 is 5.32 Å². The summed E-state index contributed by atoms with van der Waals surface area (Å²) in [5.74, 6) is 0. The van der Waals surface area contributed by atoms with Crippen molar-refractivity contribution in [2.45, 2.75) is 25.3 Å². The van der Waals surface area contributed by atoms with E-state index in [1.54, 1.807) is 0 Å². The zero-order valence-corrected chi connectivity index (χ0v) is 11.9. The molecule has 2 heteroatoms. The molecule has 1 N–H and O–H groups in total. The highest BCUT2D eigenvalue weighted by Crippen LogP contribution is 2.31. The van der Waals surface area contributed by atoms with Crippen molar-refractivity contribution in [1.82, 2.24) is 4.98 Å². The average molecular weight is 274 g/mol. The van der Waals surface area contributed by atoms with E-state index in [0.29, 0.717) is 6.04 Å². The fourth-order valence-corrected chi connectivity index (χ4v) is 3.23. The van der Waals surface area contributed by atoms with E-state index < -0.39 is 0 Å². The van der Waals surface area contributed by atoms with E-state index in [4.69, 9.17) is 0 Å². The first-order valence-electron chi connectivity index (χ1n) is 7.59. The molecule has 0 aliphatic heterocycles. The summed E-state index contributed by atoms with van der Waals surface area (Å²) in [4.78, 5) is 4.60. The van der Waals surface area contributed by atoms with Crippen LogP contribution in [0.4, 0.5) is 5.69 Å². The van der Waals surface area contributed by atoms with Gasteiger partial charge in [0.15, 0.2) is 0 Å². The van der Waals surface area contributed by atoms with E-state index >= 15 is 0 Å². The molecule has 1 aliphatic carbocycles. The Morgan fingerprint density at radius 2 is 1.86 bits per heavy atom.